The Bertz CT molecular complexity index is 1380. The van der Waals surface area contributed by atoms with Crippen LogP contribution in [0.2, 0.25) is 0 Å². The molecule has 1 N–H and O–H groups in total. The lowest BCUT2D eigenvalue weighted by molar-refractivity contribution is -0.347. The quantitative estimate of drug-likeness (QED) is 0.401. The first kappa shape index (κ1) is 26.6. The Balaban J connectivity index is 1.17. The van der Waals surface area contributed by atoms with Gasteiger partial charge in [0.25, 0.3) is 11.8 Å². The van der Waals surface area contributed by atoms with Crippen LogP contribution in [0.4, 0.5) is 17.6 Å². The smallest absolute Gasteiger partial charge is 0.287 e. The number of amides is 1. The first-order chi connectivity index (χ1) is 19.1. The third-order valence-electron chi connectivity index (χ3n) is 8.57. The largest absolute Gasteiger partial charge is 0.484 e. The Morgan fingerprint density at radius 3 is 2.40 bits per heavy atom. The second-order valence-electron chi connectivity index (χ2n) is 11.0. The fourth-order valence-corrected chi connectivity index (χ4v) is 6.49. The molecule has 2 heterocycles. The van der Waals surface area contributed by atoms with Crippen molar-refractivity contribution in [2.24, 2.45) is 5.41 Å². The summed E-state index contributed by atoms with van der Waals surface area (Å²) < 4.78 is 72.8. The van der Waals surface area contributed by atoms with E-state index in [0.29, 0.717) is 38.1 Å². The third-order valence-corrected chi connectivity index (χ3v) is 8.57. The molecule has 4 aliphatic rings. The molecule has 1 amide bonds. The lowest BCUT2D eigenvalue weighted by Crippen LogP contribution is -2.76. The number of carbonyl (C=O) groups excluding carboxylic acids is 1. The molecule has 2 aromatic carbocycles. The van der Waals surface area contributed by atoms with Crippen LogP contribution in [0, 0.1) is 17.0 Å². The molecule has 4 fully saturated rings. The topological polar surface area (TPSA) is 103 Å². The maximum atomic E-state index is 16.3. The average molecular weight is 562 g/mol. The lowest BCUT2D eigenvalue weighted by Gasteiger charge is -2.74. The number of nitrogens with zero attached hydrogens (tertiary/aromatic N) is 5. The number of hydrogen-bond donors (Lipinski definition) is 1. The first-order valence-electron chi connectivity index (χ1n) is 12.9. The highest BCUT2D eigenvalue weighted by Crippen LogP contribution is 2.80. The summed E-state index contributed by atoms with van der Waals surface area (Å²) >= 11 is 0. The van der Waals surface area contributed by atoms with Crippen molar-refractivity contribution in [3.63, 3.8) is 0 Å². The molecule has 7 rings (SSSR count). The van der Waals surface area contributed by atoms with Gasteiger partial charge in [-0.15, -0.1) is 5.10 Å². The van der Waals surface area contributed by atoms with Crippen molar-refractivity contribution in [3.05, 3.63) is 71.6 Å². The van der Waals surface area contributed by atoms with E-state index in [1.54, 1.807) is 29.2 Å². The molecule has 2 bridgehead atoms. The number of ether oxygens (including phenoxy) is 2. The maximum absolute atomic E-state index is 16.3. The van der Waals surface area contributed by atoms with Crippen LogP contribution < -0.4 is 4.74 Å². The van der Waals surface area contributed by atoms with Crippen molar-refractivity contribution < 1.29 is 36.9 Å². The number of tetrazole rings is 1. The molecule has 0 radical (unpaired) electrons. The molecule has 3 aromatic rings. The van der Waals surface area contributed by atoms with E-state index in [0.717, 1.165) is 28.7 Å². The van der Waals surface area contributed by atoms with E-state index in [2.05, 4.69) is 15.5 Å². The zero-order valence-corrected chi connectivity index (χ0v) is 21.4. The van der Waals surface area contributed by atoms with Crippen LogP contribution in [0.25, 0.3) is 0 Å². The van der Waals surface area contributed by atoms with E-state index in [4.69, 9.17) is 9.47 Å². The minimum Gasteiger partial charge on any atom is -0.484 e. The lowest BCUT2D eigenvalue weighted by atomic mass is 9.30. The Kier molecular flexibility index (Phi) is 6.33. The summed E-state index contributed by atoms with van der Waals surface area (Å²) in [5.74, 6) is -5.67. The van der Waals surface area contributed by atoms with Crippen molar-refractivity contribution in [1.82, 2.24) is 25.1 Å². The Hall–Kier alpha value is -3.58. The summed E-state index contributed by atoms with van der Waals surface area (Å²) in [5, 5.41) is 21.9. The van der Waals surface area contributed by atoms with Crippen LogP contribution >= 0.6 is 0 Å². The minimum atomic E-state index is -3.80. The molecule has 40 heavy (non-hydrogen) atoms. The molecule has 3 aliphatic carbocycles. The van der Waals surface area contributed by atoms with Gasteiger partial charge in [-0.3, -0.25) is 4.79 Å². The molecule has 0 unspecified atom stereocenters. The van der Waals surface area contributed by atoms with Gasteiger partial charge in [-0.25, -0.2) is 22.2 Å². The second-order valence-corrected chi connectivity index (χ2v) is 11.0. The maximum Gasteiger partial charge on any atom is 0.287 e. The number of carbonyl (C=O) groups is 1. The number of aromatic nitrogens is 4. The highest BCUT2D eigenvalue weighted by atomic mass is 19.3. The molecule has 1 atom stereocenters. The van der Waals surface area contributed by atoms with E-state index in [-0.39, 0.29) is 31.8 Å². The van der Waals surface area contributed by atoms with Crippen LogP contribution in [0.3, 0.4) is 0 Å². The fourth-order valence-electron chi connectivity index (χ4n) is 6.49. The molecule has 1 saturated heterocycles. The molecular weight excluding hydrogens is 534 g/mol. The van der Waals surface area contributed by atoms with Crippen molar-refractivity contribution in [3.8, 4) is 5.75 Å². The highest BCUT2D eigenvalue weighted by Gasteiger charge is 2.82. The van der Waals surface area contributed by atoms with Crippen LogP contribution in [-0.2, 0) is 27.1 Å². The number of rotatable bonds is 9. The molecule has 1 aliphatic heterocycles. The predicted molar refractivity (Wildman–Crippen MR) is 130 cm³/mol. The van der Waals surface area contributed by atoms with Crippen molar-refractivity contribution in [2.45, 2.75) is 42.7 Å². The van der Waals surface area contributed by atoms with Gasteiger partial charge in [0.1, 0.15) is 23.7 Å². The van der Waals surface area contributed by atoms with Crippen LogP contribution in [0.15, 0.2) is 48.8 Å². The second kappa shape index (κ2) is 9.51. The third kappa shape index (κ3) is 4.14. The van der Waals surface area contributed by atoms with E-state index in [9.17, 15) is 18.7 Å². The van der Waals surface area contributed by atoms with Crippen LogP contribution in [0.5, 0.6) is 5.75 Å². The Labute approximate surface area is 226 Å². The van der Waals surface area contributed by atoms with E-state index in [1.165, 1.54) is 0 Å². The summed E-state index contributed by atoms with van der Waals surface area (Å²) in [6.07, 6.45) is 1.26. The van der Waals surface area contributed by atoms with Crippen molar-refractivity contribution >= 4 is 5.91 Å². The van der Waals surface area contributed by atoms with Crippen molar-refractivity contribution in [2.75, 3.05) is 32.9 Å². The Morgan fingerprint density at radius 1 is 1.07 bits per heavy atom. The molecule has 3 saturated carbocycles. The molecule has 13 heteroatoms. The van der Waals surface area contributed by atoms with E-state index >= 15 is 8.78 Å². The predicted octanol–water partition coefficient (Wildman–Crippen LogP) is 2.83. The summed E-state index contributed by atoms with van der Waals surface area (Å²) in [7, 11) is 0. The van der Waals surface area contributed by atoms with Gasteiger partial charge in [0, 0.05) is 30.1 Å². The van der Waals surface area contributed by atoms with Crippen LogP contribution in [-0.4, -0.2) is 75.0 Å². The van der Waals surface area contributed by atoms with Gasteiger partial charge in [0.15, 0.2) is 12.2 Å². The molecule has 0 spiro atoms. The number of benzene rings is 2. The summed E-state index contributed by atoms with van der Waals surface area (Å²) in [6, 6.07) is 9.14. The highest BCUT2D eigenvalue weighted by molar-refractivity contribution is 5.77. The molecule has 212 valence electrons. The van der Waals surface area contributed by atoms with Gasteiger partial charge in [-0.05, 0) is 64.9 Å². The summed E-state index contributed by atoms with van der Waals surface area (Å²) in [6.45, 7) is 1.11. The van der Waals surface area contributed by atoms with Gasteiger partial charge in [-0.2, -0.15) is 0 Å². The molecule has 9 nitrogen and oxygen atoms in total. The fraction of sp³-hybridized carbons (Fsp3) is 0.481. The standard InChI is InChI=1S/C27H27F4N5O4/c28-19-3-6-21(22(29)11-19)26(38,16-36-17-32-33-34-36)27(30,31)25-13-24(14-25,15-25)18-1-4-20(5-2-18)40-12-23(37)35-7-9-39-10-8-35/h1-6,11,17,38H,7-10,12-16H2/t24?,25?,26-/m1/s1. The van der Waals surface area contributed by atoms with Gasteiger partial charge < -0.3 is 19.5 Å². The van der Waals surface area contributed by atoms with E-state index < -0.39 is 46.1 Å². The number of alkyl halides is 2. The number of aliphatic hydroxyl groups is 1. The number of halogens is 4. The zero-order chi connectivity index (χ0) is 28.2. The summed E-state index contributed by atoms with van der Waals surface area (Å²) in [5.41, 5.74) is -5.01. The number of hydrogen-bond acceptors (Lipinski definition) is 7. The van der Waals surface area contributed by atoms with Gasteiger partial charge in [0.2, 0.25) is 0 Å². The molecular formula is C27H27F4N5O4. The van der Waals surface area contributed by atoms with Gasteiger partial charge >= 0.3 is 0 Å². The first-order valence-corrected chi connectivity index (χ1v) is 12.9. The normalized spacial score (nSPS) is 25.5. The number of morpholine rings is 1. The summed E-state index contributed by atoms with van der Waals surface area (Å²) in [4.78, 5) is 14.0. The zero-order valence-electron chi connectivity index (χ0n) is 21.4. The SMILES string of the molecule is O=C(COc1ccc(C23CC(C(F)(F)[C@@](O)(Cn4cnnn4)c4ccc(F)cc4F)(C2)C3)cc1)N1CCOCC1. The average Bonchev–Trinajstić information content (AvgIpc) is 3.39. The van der Waals surface area contributed by atoms with E-state index in [1.807, 2.05) is 0 Å². The van der Waals surface area contributed by atoms with Crippen LogP contribution in [0.1, 0.15) is 30.4 Å². The van der Waals surface area contributed by atoms with Gasteiger partial charge in [-0.1, -0.05) is 12.1 Å². The van der Waals surface area contributed by atoms with Crippen molar-refractivity contribution in [1.29, 1.82) is 0 Å². The Morgan fingerprint density at radius 2 is 1.77 bits per heavy atom. The monoisotopic (exact) mass is 561 g/mol. The minimum absolute atomic E-state index is 0.0729. The molecule has 1 aromatic heterocycles. The van der Waals surface area contributed by atoms with Gasteiger partial charge in [0.05, 0.1) is 19.8 Å².